The lowest BCUT2D eigenvalue weighted by Gasteiger charge is -2.09. The molecule has 3 nitrogen and oxygen atoms in total. The van der Waals surface area contributed by atoms with Crippen LogP contribution in [0.1, 0.15) is 27.2 Å². The zero-order valence-electron chi connectivity index (χ0n) is 10.2. The summed E-state index contributed by atoms with van der Waals surface area (Å²) >= 11 is 0. The summed E-state index contributed by atoms with van der Waals surface area (Å²) < 4.78 is 5.17. The van der Waals surface area contributed by atoms with Gasteiger partial charge >= 0.3 is 0 Å². The third-order valence-electron chi connectivity index (χ3n) is 2.67. The Balaban J connectivity index is 2.24. The third kappa shape index (κ3) is 2.38. The Morgan fingerprint density at radius 2 is 1.82 bits per heavy atom. The molecule has 1 heterocycles. The smallest absolute Gasteiger partial charge is 0.291 e. The number of anilines is 1. The van der Waals surface area contributed by atoms with Gasteiger partial charge in [-0.1, -0.05) is 18.2 Å². The lowest BCUT2D eigenvalue weighted by atomic mass is 10.1. The van der Waals surface area contributed by atoms with Crippen LogP contribution in [0.3, 0.4) is 0 Å². The van der Waals surface area contributed by atoms with Gasteiger partial charge in [-0.05, 0) is 43.5 Å². The number of para-hydroxylation sites is 1. The Morgan fingerprint density at radius 1 is 1.18 bits per heavy atom. The second-order valence-electron chi connectivity index (χ2n) is 4.21. The average Bonchev–Trinajstić information content (AvgIpc) is 2.70. The van der Waals surface area contributed by atoms with Crippen LogP contribution in [0.5, 0.6) is 0 Å². The molecule has 0 atom stereocenters. The van der Waals surface area contributed by atoms with Crippen LogP contribution in [0.4, 0.5) is 5.69 Å². The van der Waals surface area contributed by atoms with E-state index in [4.69, 9.17) is 4.42 Å². The van der Waals surface area contributed by atoms with Crippen molar-refractivity contribution < 1.29 is 9.21 Å². The average molecular weight is 229 g/mol. The van der Waals surface area contributed by atoms with E-state index in [-0.39, 0.29) is 5.91 Å². The molecule has 2 rings (SSSR count). The summed E-state index contributed by atoms with van der Waals surface area (Å²) in [5.74, 6) is 0.126. The molecule has 0 aliphatic heterocycles. The van der Waals surface area contributed by atoms with Crippen molar-refractivity contribution in [2.45, 2.75) is 20.8 Å². The molecule has 0 saturated carbocycles. The molecule has 3 heteroatoms. The number of rotatable bonds is 2. The van der Waals surface area contributed by atoms with Gasteiger partial charge in [0, 0.05) is 5.69 Å². The van der Waals surface area contributed by atoms with E-state index >= 15 is 0 Å². The maximum Gasteiger partial charge on any atom is 0.291 e. The molecule has 0 fully saturated rings. The van der Waals surface area contributed by atoms with Crippen LogP contribution in [-0.4, -0.2) is 5.91 Å². The minimum atomic E-state index is -0.213. The standard InChI is InChI=1S/C14H15NO2/c1-9-7-12(17-8-9)14(16)15-13-10(2)5-4-6-11(13)3/h4-8H,1-3H3,(H,15,16). The first kappa shape index (κ1) is 11.5. The minimum absolute atomic E-state index is 0.213. The van der Waals surface area contributed by atoms with E-state index in [0.717, 1.165) is 22.4 Å². The number of benzene rings is 1. The summed E-state index contributed by atoms with van der Waals surface area (Å²) in [6.07, 6.45) is 1.57. The minimum Gasteiger partial charge on any atom is -0.459 e. The van der Waals surface area contributed by atoms with Gasteiger partial charge in [-0.15, -0.1) is 0 Å². The van der Waals surface area contributed by atoms with Gasteiger partial charge in [0.2, 0.25) is 0 Å². The molecule has 1 aromatic heterocycles. The van der Waals surface area contributed by atoms with Crippen LogP contribution in [0.2, 0.25) is 0 Å². The number of hydrogen-bond donors (Lipinski definition) is 1. The van der Waals surface area contributed by atoms with Crippen molar-refractivity contribution in [3.8, 4) is 0 Å². The van der Waals surface area contributed by atoms with Crippen molar-refractivity contribution in [3.63, 3.8) is 0 Å². The SMILES string of the molecule is Cc1coc(C(=O)Nc2c(C)cccc2C)c1. The van der Waals surface area contributed by atoms with Crippen molar-refractivity contribution in [1.29, 1.82) is 0 Å². The summed E-state index contributed by atoms with van der Waals surface area (Å²) in [5.41, 5.74) is 3.88. The molecule has 17 heavy (non-hydrogen) atoms. The van der Waals surface area contributed by atoms with Gasteiger partial charge in [0.25, 0.3) is 5.91 Å². The highest BCUT2D eigenvalue weighted by molar-refractivity contribution is 6.03. The maximum absolute atomic E-state index is 11.9. The summed E-state index contributed by atoms with van der Waals surface area (Å²) in [4.78, 5) is 11.9. The number of amides is 1. The first-order valence-corrected chi connectivity index (χ1v) is 5.50. The Bertz CT molecular complexity index is 535. The molecule has 0 bridgehead atoms. The van der Waals surface area contributed by atoms with Gasteiger partial charge in [-0.3, -0.25) is 4.79 Å². The molecule has 0 radical (unpaired) electrons. The van der Waals surface area contributed by atoms with E-state index in [1.807, 2.05) is 39.0 Å². The van der Waals surface area contributed by atoms with E-state index in [1.165, 1.54) is 0 Å². The third-order valence-corrected chi connectivity index (χ3v) is 2.67. The van der Waals surface area contributed by atoms with E-state index in [9.17, 15) is 4.79 Å². The van der Waals surface area contributed by atoms with E-state index in [0.29, 0.717) is 5.76 Å². The van der Waals surface area contributed by atoms with Crippen molar-refractivity contribution in [2.75, 3.05) is 5.32 Å². The van der Waals surface area contributed by atoms with Gasteiger partial charge in [0.15, 0.2) is 5.76 Å². The molecule has 1 N–H and O–H groups in total. The van der Waals surface area contributed by atoms with Gasteiger partial charge in [-0.2, -0.15) is 0 Å². The molecular weight excluding hydrogens is 214 g/mol. The quantitative estimate of drug-likeness (QED) is 0.856. The number of carbonyl (C=O) groups excluding carboxylic acids is 1. The summed E-state index contributed by atoms with van der Waals surface area (Å²) in [5, 5.41) is 2.88. The molecule has 88 valence electrons. The van der Waals surface area contributed by atoms with Gasteiger partial charge in [0.1, 0.15) is 0 Å². The lowest BCUT2D eigenvalue weighted by molar-refractivity contribution is 0.0996. The van der Waals surface area contributed by atoms with Gasteiger partial charge in [0.05, 0.1) is 6.26 Å². The molecule has 0 saturated heterocycles. The fraction of sp³-hybridized carbons (Fsp3) is 0.214. The first-order valence-electron chi connectivity index (χ1n) is 5.50. The van der Waals surface area contributed by atoms with E-state index in [2.05, 4.69) is 5.32 Å². The predicted octanol–water partition coefficient (Wildman–Crippen LogP) is 3.46. The molecule has 2 aromatic rings. The highest BCUT2D eigenvalue weighted by Crippen LogP contribution is 2.20. The summed E-state index contributed by atoms with van der Waals surface area (Å²) in [7, 11) is 0. The normalized spacial score (nSPS) is 10.3. The van der Waals surface area contributed by atoms with Crippen molar-refractivity contribution in [1.82, 2.24) is 0 Å². The topological polar surface area (TPSA) is 42.2 Å². The summed E-state index contributed by atoms with van der Waals surface area (Å²) in [6.45, 7) is 5.82. The van der Waals surface area contributed by atoms with Gasteiger partial charge < -0.3 is 9.73 Å². The molecule has 0 spiro atoms. The molecule has 0 unspecified atom stereocenters. The zero-order chi connectivity index (χ0) is 12.4. The second-order valence-corrected chi connectivity index (χ2v) is 4.21. The first-order chi connectivity index (χ1) is 8.08. The molecular formula is C14H15NO2. The summed E-state index contributed by atoms with van der Waals surface area (Å²) in [6, 6.07) is 7.63. The molecule has 0 aliphatic rings. The Hall–Kier alpha value is -2.03. The largest absolute Gasteiger partial charge is 0.459 e. The zero-order valence-corrected chi connectivity index (χ0v) is 10.2. The number of hydrogen-bond acceptors (Lipinski definition) is 2. The fourth-order valence-electron chi connectivity index (χ4n) is 1.74. The fourth-order valence-corrected chi connectivity index (χ4v) is 1.74. The number of carbonyl (C=O) groups is 1. The van der Waals surface area contributed by atoms with Crippen molar-refractivity contribution in [2.24, 2.45) is 0 Å². The van der Waals surface area contributed by atoms with Crippen LogP contribution in [0.25, 0.3) is 0 Å². The highest BCUT2D eigenvalue weighted by Gasteiger charge is 2.12. The monoisotopic (exact) mass is 229 g/mol. The highest BCUT2D eigenvalue weighted by atomic mass is 16.3. The van der Waals surface area contributed by atoms with E-state index < -0.39 is 0 Å². The van der Waals surface area contributed by atoms with Crippen LogP contribution < -0.4 is 5.32 Å². The molecule has 0 aliphatic carbocycles. The maximum atomic E-state index is 11.9. The van der Waals surface area contributed by atoms with Crippen molar-refractivity contribution >= 4 is 11.6 Å². The van der Waals surface area contributed by atoms with Crippen LogP contribution in [0.15, 0.2) is 34.9 Å². The van der Waals surface area contributed by atoms with Crippen LogP contribution >= 0.6 is 0 Å². The molecule has 1 aromatic carbocycles. The Kier molecular flexibility index (Phi) is 3.00. The Labute approximate surface area is 100 Å². The predicted molar refractivity (Wildman–Crippen MR) is 67.3 cm³/mol. The van der Waals surface area contributed by atoms with Crippen molar-refractivity contribution in [3.05, 3.63) is 53.0 Å². The molecule has 1 amide bonds. The number of nitrogens with one attached hydrogen (secondary N) is 1. The number of furan rings is 1. The van der Waals surface area contributed by atoms with Crippen LogP contribution in [-0.2, 0) is 0 Å². The van der Waals surface area contributed by atoms with E-state index in [1.54, 1.807) is 12.3 Å². The second kappa shape index (κ2) is 4.45. The lowest BCUT2D eigenvalue weighted by Crippen LogP contribution is -2.12. The number of aryl methyl sites for hydroxylation is 3. The van der Waals surface area contributed by atoms with Crippen LogP contribution in [0, 0.1) is 20.8 Å². The Morgan fingerprint density at radius 3 is 2.35 bits per heavy atom. The van der Waals surface area contributed by atoms with Gasteiger partial charge in [-0.25, -0.2) is 0 Å².